The summed E-state index contributed by atoms with van der Waals surface area (Å²) in [5, 5.41) is 4.20. The van der Waals surface area contributed by atoms with Gasteiger partial charge in [-0.2, -0.15) is 5.10 Å². The summed E-state index contributed by atoms with van der Waals surface area (Å²) in [6.07, 6.45) is 2.99. The number of pyridine rings is 1. The summed E-state index contributed by atoms with van der Waals surface area (Å²) in [6, 6.07) is 11.3. The van der Waals surface area contributed by atoms with Gasteiger partial charge >= 0.3 is 0 Å². The summed E-state index contributed by atoms with van der Waals surface area (Å²) in [4.78, 5) is 4.06. The molecule has 3 nitrogen and oxygen atoms in total. The molecule has 2 aromatic rings. The second-order valence-electron chi connectivity index (χ2n) is 3.55. The molecule has 2 rings (SSSR count). The van der Waals surface area contributed by atoms with Gasteiger partial charge in [0.25, 0.3) is 0 Å². The molecule has 0 aliphatic rings. The van der Waals surface area contributed by atoms with Gasteiger partial charge in [-0.25, -0.2) is 9.07 Å². The zero-order chi connectivity index (χ0) is 13.0. The standard InChI is InChI=1S/C13H11FIN3/c1-16-13-7-12(15)11(14)9-18(13)17-8-10-5-3-2-4-6-10/h2-9H,1H3/b16-13?,17-8+. The van der Waals surface area contributed by atoms with E-state index in [1.165, 1.54) is 10.9 Å². The lowest BCUT2D eigenvalue weighted by molar-refractivity contribution is 0.592. The lowest BCUT2D eigenvalue weighted by atomic mass is 10.2. The third kappa shape index (κ3) is 3.04. The largest absolute Gasteiger partial charge is 0.270 e. The molecule has 0 aliphatic carbocycles. The molecule has 0 fully saturated rings. The lowest BCUT2D eigenvalue weighted by Gasteiger charge is -2.02. The third-order valence-corrected chi connectivity index (χ3v) is 3.14. The SMILES string of the molecule is CN=c1cc(I)c(F)cn1/N=C/c1ccccc1. The van der Waals surface area contributed by atoms with Crippen molar-refractivity contribution in [2.24, 2.45) is 10.1 Å². The predicted octanol–water partition coefficient (Wildman–Crippen LogP) is 2.64. The Balaban J connectivity index is 2.41. The predicted molar refractivity (Wildman–Crippen MR) is 78.0 cm³/mol. The molecule has 1 aromatic heterocycles. The van der Waals surface area contributed by atoms with Gasteiger partial charge in [0.2, 0.25) is 0 Å². The maximum atomic E-state index is 13.5. The van der Waals surface area contributed by atoms with Crippen LogP contribution < -0.4 is 5.49 Å². The van der Waals surface area contributed by atoms with Gasteiger partial charge in [0.05, 0.1) is 16.0 Å². The molecule has 1 heterocycles. The van der Waals surface area contributed by atoms with Crippen molar-refractivity contribution >= 4 is 28.8 Å². The van der Waals surface area contributed by atoms with Crippen molar-refractivity contribution < 1.29 is 4.39 Å². The van der Waals surface area contributed by atoms with E-state index in [1.54, 1.807) is 19.3 Å². The second kappa shape index (κ2) is 5.90. The Morgan fingerprint density at radius 2 is 2.00 bits per heavy atom. The number of aromatic nitrogens is 1. The van der Waals surface area contributed by atoms with E-state index in [-0.39, 0.29) is 5.82 Å². The Morgan fingerprint density at radius 3 is 2.67 bits per heavy atom. The molecule has 0 saturated carbocycles. The van der Waals surface area contributed by atoms with Gasteiger partial charge in [0.15, 0.2) is 5.82 Å². The number of hydrogen-bond acceptors (Lipinski definition) is 2. The maximum Gasteiger partial charge on any atom is 0.155 e. The normalized spacial score (nSPS) is 12.3. The zero-order valence-corrected chi connectivity index (χ0v) is 11.9. The number of rotatable bonds is 2. The molecule has 0 atom stereocenters. The summed E-state index contributed by atoms with van der Waals surface area (Å²) in [6.45, 7) is 0. The Morgan fingerprint density at radius 1 is 1.28 bits per heavy atom. The molecule has 1 aromatic carbocycles. The Bertz CT molecular complexity index is 632. The Kier molecular flexibility index (Phi) is 4.24. The quantitative estimate of drug-likeness (QED) is 0.586. The van der Waals surface area contributed by atoms with Crippen LogP contribution in [0.5, 0.6) is 0 Å². The minimum absolute atomic E-state index is 0.312. The molecule has 0 spiro atoms. The molecular weight excluding hydrogens is 344 g/mol. The smallest absolute Gasteiger partial charge is 0.155 e. The molecule has 18 heavy (non-hydrogen) atoms. The molecule has 0 saturated heterocycles. The van der Waals surface area contributed by atoms with Crippen molar-refractivity contribution in [2.75, 3.05) is 7.05 Å². The summed E-state index contributed by atoms with van der Waals surface area (Å²) < 4.78 is 15.4. The van der Waals surface area contributed by atoms with Gasteiger partial charge in [-0.05, 0) is 34.2 Å². The van der Waals surface area contributed by atoms with Gasteiger partial charge in [0, 0.05) is 7.05 Å². The highest BCUT2D eigenvalue weighted by molar-refractivity contribution is 14.1. The van der Waals surface area contributed by atoms with Crippen LogP contribution in [0, 0.1) is 9.39 Å². The van der Waals surface area contributed by atoms with Gasteiger partial charge in [0.1, 0.15) is 5.49 Å². The highest BCUT2D eigenvalue weighted by Crippen LogP contribution is 2.06. The van der Waals surface area contributed by atoms with Crippen LogP contribution in [0.2, 0.25) is 0 Å². The lowest BCUT2D eigenvalue weighted by Crippen LogP contribution is -2.18. The molecular formula is C13H11FIN3. The molecule has 0 amide bonds. The fourth-order valence-corrected chi connectivity index (χ4v) is 1.83. The Labute approximate surface area is 118 Å². The average molecular weight is 355 g/mol. The first-order valence-electron chi connectivity index (χ1n) is 5.30. The van der Waals surface area contributed by atoms with Crippen molar-refractivity contribution in [2.45, 2.75) is 0 Å². The minimum Gasteiger partial charge on any atom is -0.270 e. The van der Waals surface area contributed by atoms with Crippen LogP contribution in [0.3, 0.4) is 0 Å². The average Bonchev–Trinajstić information content (AvgIpc) is 2.41. The second-order valence-corrected chi connectivity index (χ2v) is 4.71. The first kappa shape index (κ1) is 12.9. The van der Waals surface area contributed by atoms with Crippen molar-refractivity contribution in [3.8, 4) is 0 Å². The van der Waals surface area contributed by atoms with Crippen molar-refractivity contribution in [3.63, 3.8) is 0 Å². The van der Waals surface area contributed by atoms with Crippen molar-refractivity contribution in [3.05, 3.63) is 63.0 Å². The summed E-state index contributed by atoms with van der Waals surface area (Å²) in [5.41, 5.74) is 1.55. The van der Waals surface area contributed by atoms with Gasteiger partial charge in [-0.1, -0.05) is 30.3 Å². The highest BCUT2D eigenvalue weighted by Gasteiger charge is 2.01. The van der Waals surface area contributed by atoms with Crippen LogP contribution in [0.1, 0.15) is 5.56 Å². The third-order valence-electron chi connectivity index (χ3n) is 2.31. The van der Waals surface area contributed by atoms with E-state index in [2.05, 4.69) is 10.1 Å². The van der Waals surface area contributed by atoms with E-state index in [1.807, 2.05) is 52.9 Å². The molecule has 0 N–H and O–H groups in total. The van der Waals surface area contributed by atoms with Crippen LogP contribution in [-0.4, -0.2) is 17.9 Å². The number of hydrogen-bond donors (Lipinski definition) is 0. The highest BCUT2D eigenvalue weighted by atomic mass is 127. The number of nitrogens with zero attached hydrogens (tertiary/aromatic N) is 3. The summed E-state index contributed by atoms with van der Waals surface area (Å²) >= 11 is 1.93. The molecule has 0 bridgehead atoms. The number of benzene rings is 1. The molecule has 5 heteroatoms. The molecule has 0 radical (unpaired) electrons. The summed E-state index contributed by atoms with van der Waals surface area (Å²) in [7, 11) is 1.65. The van der Waals surface area contributed by atoms with Gasteiger partial charge in [-0.15, -0.1) is 0 Å². The first-order chi connectivity index (χ1) is 8.70. The fourth-order valence-electron chi connectivity index (χ4n) is 1.41. The van der Waals surface area contributed by atoms with E-state index in [0.29, 0.717) is 9.06 Å². The van der Waals surface area contributed by atoms with Gasteiger partial charge in [-0.3, -0.25) is 4.99 Å². The van der Waals surface area contributed by atoms with E-state index in [0.717, 1.165) is 5.56 Å². The van der Waals surface area contributed by atoms with Crippen LogP contribution >= 0.6 is 22.6 Å². The van der Waals surface area contributed by atoms with Crippen LogP contribution in [0.25, 0.3) is 0 Å². The minimum atomic E-state index is -0.312. The first-order valence-corrected chi connectivity index (χ1v) is 6.38. The molecule has 92 valence electrons. The molecule has 0 unspecified atom stereocenters. The van der Waals surface area contributed by atoms with Crippen molar-refractivity contribution in [1.29, 1.82) is 0 Å². The number of halogens is 2. The van der Waals surface area contributed by atoms with Crippen LogP contribution in [0.4, 0.5) is 4.39 Å². The Hall–Kier alpha value is -1.50. The fraction of sp³-hybridized carbons (Fsp3) is 0.0769. The van der Waals surface area contributed by atoms with E-state index in [4.69, 9.17) is 0 Å². The van der Waals surface area contributed by atoms with Crippen molar-refractivity contribution in [1.82, 2.24) is 4.68 Å². The van der Waals surface area contributed by atoms with E-state index >= 15 is 0 Å². The molecule has 0 aliphatic heterocycles. The van der Waals surface area contributed by atoms with E-state index in [9.17, 15) is 4.39 Å². The topological polar surface area (TPSA) is 29.6 Å². The van der Waals surface area contributed by atoms with Crippen LogP contribution in [0.15, 0.2) is 52.7 Å². The zero-order valence-electron chi connectivity index (χ0n) is 9.72. The summed E-state index contributed by atoms with van der Waals surface area (Å²) in [5.74, 6) is -0.312. The van der Waals surface area contributed by atoms with Crippen LogP contribution in [-0.2, 0) is 0 Å². The monoisotopic (exact) mass is 355 g/mol. The maximum absolute atomic E-state index is 13.5. The van der Waals surface area contributed by atoms with E-state index < -0.39 is 0 Å². The van der Waals surface area contributed by atoms with Gasteiger partial charge < -0.3 is 0 Å².